The predicted octanol–water partition coefficient (Wildman–Crippen LogP) is -0.735. The number of hydrogen-bond acceptors (Lipinski definition) is 6. The van der Waals surface area contributed by atoms with Gasteiger partial charge in [-0.05, 0) is 6.92 Å². The van der Waals surface area contributed by atoms with Crippen molar-refractivity contribution in [1.82, 2.24) is 10.3 Å². The van der Waals surface area contributed by atoms with Gasteiger partial charge in [-0.1, -0.05) is 11.3 Å². The number of thiazole rings is 1. The molecule has 1 aromatic rings. The van der Waals surface area contributed by atoms with Crippen molar-refractivity contribution in [2.24, 2.45) is 5.73 Å². The highest BCUT2D eigenvalue weighted by molar-refractivity contribution is 7.17. The number of aromatic nitrogens is 1. The number of ether oxygens (including phenoxy) is 1. The van der Waals surface area contributed by atoms with Crippen LogP contribution in [0.25, 0.3) is 0 Å². The molecule has 0 saturated carbocycles. The number of carbonyl (C=O) groups is 2. The Balaban J connectivity index is 2.30. The van der Waals surface area contributed by atoms with Gasteiger partial charge in [-0.15, -0.1) is 0 Å². The van der Waals surface area contributed by atoms with Crippen molar-refractivity contribution in [3.8, 4) is 0 Å². The number of nitrogens with two attached hydrogens (primary N) is 2. The molecule has 1 heterocycles. The second-order valence-electron chi connectivity index (χ2n) is 3.24. The molecule has 7 nitrogen and oxygen atoms in total. The first-order chi connectivity index (χ1) is 8.00. The number of hydrogen-bond donors (Lipinski definition) is 3. The largest absolute Gasteiger partial charge is 0.375 e. The van der Waals surface area contributed by atoms with Gasteiger partial charge in [0.25, 0.3) is 5.91 Å². The number of anilines is 1. The lowest BCUT2D eigenvalue weighted by atomic mass is 10.4. The number of amides is 2. The molecule has 0 atom stereocenters. The first-order valence-corrected chi connectivity index (χ1v) is 5.69. The Morgan fingerprint density at radius 1 is 1.53 bits per heavy atom. The number of nitrogens with zero attached hydrogens (tertiary/aromatic N) is 1. The third-order valence-electron chi connectivity index (χ3n) is 1.80. The molecule has 0 aliphatic carbocycles. The van der Waals surface area contributed by atoms with E-state index in [1.807, 2.05) is 0 Å². The Bertz CT molecular complexity index is 418. The van der Waals surface area contributed by atoms with Crippen LogP contribution in [0.15, 0.2) is 0 Å². The zero-order valence-corrected chi connectivity index (χ0v) is 10.2. The van der Waals surface area contributed by atoms with Gasteiger partial charge < -0.3 is 21.5 Å². The summed E-state index contributed by atoms with van der Waals surface area (Å²) in [6.07, 6.45) is 0. The van der Waals surface area contributed by atoms with E-state index in [2.05, 4.69) is 10.3 Å². The van der Waals surface area contributed by atoms with E-state index in [0.29, 0.717) is 22.2 Å². The van der Waals surface area contributed by atoms with Crippen molar-refractivity contribution in [2.75, 3.05) is 25.5 Å². The molecule has 1 rings (SSSR count). The number of nitrogens with one attached hydrogen (secondary N) is 1. The van der Waals surface area contributed by atoms with Crippen LogP contribution in [0, 0.1) is 6.92 Å². The molecular formula is C9H14N4O3S. The Morgan fingerprint density at radius 2 is 2.24 bits per heavy atom. The molecule has 0 fully saturated rings. The van der Waals surface area contributed by atoms with Gasteiger partial charge in [0.15, 0.2) is 5.13 Å². The Morgan fingerprint density at radius 3 is 2.76 bits per heavy atom. The van der Waals surface area contributed by atoms with Crippen molar-refractivity contribution < 1.29 is 14.3 Å². The molecule has 94 valence electrons. The second kappa shape index (κ2) is 6.16. The van der Waals surface area contributed by atoms with E-state index < -0.39 is 5.91 Å². The molecule has 5 N–H and O–H groups in total. The highest BCUT2D eigenvalue weighted by Gasteiger charge is 2.13. The molecule has 0 bridgehead atoms. The van der Waals surface area contributed by atoms with Gasteiger partial charge >= 0.3 is 0 Å². The van der Waals surface area contributed by atoms with Crippen molar-refractivity contribution in [2.45, 2.75) is 6.92 Å². The molecule has 2 amide bonds. The maximum Gasteiger partial charge on any atom is 0.263 e. The van der Waals surface area contributed by atoms with E-state index >= 15 is 0 Å². The lowest BCUT2D eigenvalue weighted by Crippen LogP contribution is -2.28. The second-order valence-corrected chi connectivity index (χ2v) is 4.27. The van der Waals surface area contributed by atoms with E-state index in [4.69, 9.17) is 16.2 Å². The molecule has 17 heavy (non-hydrogen) atoms. The van der Waals surface area contributed by atoms with Gasteiger partial charge in [0.1, 0.15) is 11.5 Å². The number of aryl methyl sites for hydroxylation is 1. The van der Waals surface area contributed by atoms with Gasteiger partial charge in [0.05, 0.1) is 12.3 Å². The summed E-state index contributed by atoms with van der Waals surface area (Å²) < 4.78 is 4.89. The number of nitrogen functional groups attached to an aromatic ring is 1. The molecule has 0 radical (unpaired) electrons. The van der Waals surface area contributed by atoms with Crippen LogP contribution < -0.4 is 16.8 Å². The first kappa shape index (κ1) is 13.4. The van der Waals surface area contributed by atoms with Gasteiger partial charge in [-0.25, -0.2) is 4.98 Å². The topological polar surface area (TPSA) is 120 Å². The first-order valence-electron chi connectivity index (χ1n) is 4.88. The molecule has 0 aromatic carbocycles. The number of carbonyl (C=O) groups excluding carboxylic acids is 2. The van der Waals surface area contributed by atoms with E-state index in [1.165, 1.54) is 0 Å². The van der Waals surface area contributed by atoms with Crippen molar-refractivity contribution in [3.63, 3.8) is 0 Å². The normalized spacial score (nSPS) is 10.2. The van der Waals surface area contributed by atoms with Crippen LogP contribution >= 0.6 is 11.3 Å². The molecule has 0 unspecified atom stereocenters. The molecule has 8 heteroatoms. The van der Waals surface area contributed by atoms with E-state index in [1.54, 1.807) is 6.92 Å². The molecule has 0 aliphatic heterocycles. The maximum atomic E-state index is 11.6. The van der Waals surface area contributed by atoms with E-state index in [9.17, 15) is 9.59 Å². The van der Waals surface area contributed by atoms with Crippen LogP contribution in [-0.4, -0.2) is 36.6 Å². The highest BCUT2D eigenvalue weighted by Crippen LogP contribution is 2.18. The van der Waals surface area contributed by atoms with Gasteiger partial charge in [0, 0.05) is 6.54 Å². The smallest absolute Gasteiger partial charge is 0.263 e. The van der Waals surface area contributed by atoms with Crippen LogP contribution in [-0.2, 0) is 9.53 Å². The molecule has 0 saturated heterocycles. The lowest BCUT2D eigenvalue weighted by molar-refractivity contribution is -0.122. The SMILES string of the molecule is Cc1nc(N)sc1C(=O)NCCOCC(N)=O. The van der Waals surface area contributed by atoms with Gasteiger partial charge in [0.2, 0.25) is 5.91 Å². The fourth-order valence-corrected chi connectivity index (χ4v) is 1.87. The summed E-state index contributed by atoms with van der Waals surface area (Å²) in [5.74, 6) is -0.790. The quantitative estimate of drug-likeness (QED) is 0.581. The van der Waals surface area contributed by atoms with Crippen molar-refractivity contribution in [3.05, 3.63) is 10.6 Å². The molecule has 1 aromatic heterocycles. The van der Waals surface area contributed by atoms with Gasteiger partial charge in [-0.2, -0.15) is 0 Å². The summed E-state index contributed by atoms with van der Waals surface area (Å²) >= 11 is 1.13. The Kier molecular flexibility index (Phi) is 4.85. The molecule has 0 aliphatic rings. The maximum absolute atomic E-state index is 11.6. The summed E-state index contributed by atoms with van der Waals surface area (Å²) in [7, 11) is 0. The average molecular weight is 258 g/mol. The zero-order chi connectivity index (χ0) is 12.8. The summed E-state index contributed by atoms with van der Waals surface area (Å²) in [6, 6.07) is 0. The summed E-state index contributed by atoms with van der Waals surface area (Å²) in [5.41, 5.74) is 11.0. The zero-order valence-electron chi connectivity index (χ0n) is 9.36. The fourth-order valence-electron chi connectivity index (χ4n) is 1.12. The number of rotatable bonds is 6. The fraction of sp³-hybridized carbons (Fsp3) is 0.444. The Labute approximate surface area is 102 Å². The van der Waals surface area contributed by atoms with Gasteiger partial charge in [-0.3, -0.25) is 9.59 Å². The standard InChI is InChI=1S/C9H14N4O3S/c1-5-7(17-9(11)13-5)8(15)12-2-3-16-4-6(10)14/h2-4H2,1H3,(H2,10,14)(H2,11,13)(H,12,15). The van der Waals surface area contributed by atoms with Crippen LogP contribution in [0.1, 0.15) is 15.4 Å². The third kappa shape index (κ3) is 4.37. The summed E-state index contributed by atoms with van der Waals surface area (Å²) in [4.78, 5) is 26.4. The van der Waals surface area contributed by atoms with Crippen LogP contribution in [0.3, 0.4) is 0 Å². The summed E-state index contributed by atoms with van der Waals surface area (Å²) in [6.45, 7) is 2.08. The van der Waals surface area contributed by atoms with Crippen LogP contribution in [0.5, 0.6) is 0 Å². The van der Waals surface area contributed by atoms with Crippen molar-refractivity contribution >= 4 is 28.3 Å². The van der Waals surface area contributed by atoms with Crippen LogP contribution in [0.4, 0.5) is 5.13 Å². The summed E-state index contributed by atoms with van der Waals surface area (Å²) in [5, 5.41) is 2.98. The minimum atomic E-state index is -0.539. The van der Waals surface area contributed by atoms with Crippen LogP contribution in [0.2, 0.25) is 0 Å². The highest BCUT2D eigenvalue weighted by atomic mass is 32.1. The average Bonchev–Trinajstić information content (AvgIpc) is 2.56. The van der Waals surface area contributed by atoms with Crippen molar-refractivity contribution in [1.29, 1.82) is 0 Å². The Hall–Kier alpha value is -1.67. The van der Waals surface area contributed by atoms with E-state index in [-0.39, 0.29) is 19.1 Å². The minimum absolute atomic E-state index is 0.150. The third-order valence-corrected chi connectivity index (χ3v) is 2.78. The van der Waals surface area contributed by atoms with E-state index in [0.717, 1.165) is 11.3 Å². The monoisotopic (exact) mass is 258 g/mol. The lowest BCUT2D eigenvalue weighted by Gasteiger charge is -2.04. The number of primary amides is 1. The minimum Gasteiger partial charge on any atom is -0.375 e. The molecule has 0 spiro atoms. The predicted molar refractivity (Wildman–Crippen MR) is 63.6 cm³/mol. The molecular weight excluding hydrogens is 244 g/mol.